The van der Waals surface area contributed by atoms with Gasteiger partial charge in [0.15, 0.2) is 0 Å². The first-order valence-electron chi connectivity index (χ1n) is 8.91. The van der Waals surface area contributed by atoms with E-state index < -0.39 is 0 Å². The normalized spacial score (nSPS) is 14.8. The number of ether oxygens (including phenoxy) is 1. The molecule has 27 heavy (non-hydrogen) atoms. The number of halogens is 1. The highest BCUT2D eigenvalue weighted by molar-refractivity contribution is 7.98. The summed E-state index contributed by atoms with van der Waals surface area (Å²) in [6.07, 6.45) is 1.32. The van der Waals surface area contributed by atoms with E-state index in [4.69, 9.17) is 16.3 Å². The molecule has 0 saturated carbocycles. The van der Waals surface area contributed by atoms with Gasteiger partial charge in [0.25, 0.3) is 5.91 Å². The molecule has 0 bridgehead atoms. The van der Waals surface area contributed by atoms with Gasteiger partial charge in [0, 0.05) is 34.3 Å². The lowest BCUT2D eigenvalue weighted by Gasteiger charge is -2.30. The summed E-state index contributed by atoms with van der Waals surface area (Å²) in [5.41, 5.74) is 1.85. The number of methoxy groups -OCH3 is 1. The first-order valence-corrected chi connectivity index (χ1v) is 10.3. The number of nitrogens with zero attached hydrogens (tertiary/aromatic N) is 1. The molecule has 1 aliphatic heterocycles. The van der Waals surface area contributed by atoms with Crippen molar-refractivity contribution in [2.24, 2.45) is 5.92 Å². The van der Waals surface area contributed by atoms with Crippen molar-refractivity contribution in [1.29, 1.82) is 0 Å². The summed E-state index contributed by atoms with van der Waals surface area (Å²) in [5.74, 6) is 0.590. The predicted molar refractivity (Wildman–Crippen MR) is 108 cm³/mol. The fourth-order valence-electron chi connectivity index (χ4n) is 3.11. The van der Waals surface area contributed by atoms with Crippen LogP contribution < -0.4 is 0 Å². The van der Waals surface area contributed by atoms with Crippen LogP contribution in [0, 0.1) is 5.92 Å². The van der Waals surface area contributed by atoms with Crippen molar-refractivity contribution in [2.45, 2.75) is 23.5 Å². The topological polar surface area (TPSA) is 46.6 Å². The van der Waals surface area contributed by atoms with Crippen molar-refractivity contribution in [2.75, 3.05) is 20.2 Å². The molecule has 0 spiro atoms. The van der Waals surface area contributed by atoms with Gasteiger partial charge in [-0.3, -0.25) is 9.59 Å². The van der Waals surface area contributed by atoms with Gasteiger partial charge >= 0.3 is 5.97 Å². The predicted octanol–water partition coefficient (Wildman–Crippen LogP) is 4.66. The van der Waals surface area contributed by atoms with E-state index in [2.05, 4.69) is 0 Å². The zero-order valence-electron chi connectivity index (χ0n) is 15.2. The third-order valence-electron chi connectivity index (χ3n) is 4.74. The first kappa shape index (κ1) is 19.8. The molecule has 0 unspecified atom stereocenters. The molecule has 142 valence electrons. The smallest absolute Gasteiger partial charge is 0.308 e. The molecule has 0 radical (unpaired) electrons. The molecule has 0 atom stereocenters. The number of benzene rings is 2. The zero-order chi connectivity index (χ0) is 19.2. The van der Waals surface area contributed by atoms with Crippen molar-refractivity contribution < 1.29 is 14.3 Å². The van der Waals surface area contributed by atoms with Crippen LogP contribution in [0.25, 0.3) is 0 Å². The monoisotopic (exact) mass is 403 g/mol. The molecular formula is C21H22ClNO3S. The number of amides is 1. The van der Waals surface area contributed by atoms with Crippen LogP contribution in [0.5, 0.6) is 0 Å². The van der Waals surface area contributed by atoms with Crippen molar-refractivity contribution in [3.8, 4) is 0 Å². The number of hydrogen-bond acceptors (Lipinski definition) is 4. The van der Waals surface area contributed by atoms with E-state index in [1.54, 1.807) is 11.8 Å². The van der Waals surface area contributed by atoms with Crippen molar-refractivity contribution in [1.82, 2.24) is 4.90 Å². The number of thioether (sulfide) groups is 1. The van der Waals surface area contributed by atoms with Crippen molar-refractivity contribution in [3.63, 3.8) is 0 Å². The molecule has 3 rings (SSSR count). The van der Waals surface area contributed by atoms with Gasteiger partial charge in [0.1, 0.15) is 0 Å². The van der Waals surface area contributed by atoms with Crippen molar-refractivity contribution >= 4 is 35.2 Å². The maximum absolute atomic E-state index is 12.7. The van der Waals surface area contributed by atoms with Crippen LogP contribution in [0.1, 0.15) is 28.8 Å². The summed E-state index contributed by atoms with van der Waals surface area (Å²) in [7, 11) is 1.41. The second-order valence-corrected chi connectivity index (χ2v) is 8.01. The fourth-order valence-corrected chi connectivity index (χ4v) is 4.09. The third-order valence-corrected chi connectivity index (χ3v) is 6.07. The van der Waals surface area contributed by atoms with Gasteiger partial charge < -0.3 is 9.64 Å². The van der Waals surface area contributed by atoms with Gasteiger partial charge in [-0.2, -0.15) is 0 Å². The minimum Gasteiger partial charge on any atom is -0.469 e. The highest BCUT2D eigenvalue weighted by Crippen LogP contribution is 2.25. The average Bonchev–Trinajstić information content (AvgIpc) is 2.73. The average molecular weight is 404 g/mol. The van der Waals surface area contributed by atoms with E-state index >= 15 is 0 Å². The van der Waals surface area contributed by atoms with Gasteiger partial charge in [-0.1, -0.05) is 23.7 Å². The lowest BCUT2D eigenvalue weighted by Crippen LogP contribution is -2.40. The van der Waals surface area contributed by atoms with Gasteiger partial charge in [-0.15, -0.1) is 11.8 Å². The Balaban J connectivity index is 1.53. The Morgan fingerprint density at radius 3 is 2.30 bits per heavy atom. The van der Waals surface area contributed by atoms with Crippen LogP contribution in [0.4, 0.5) is 0 Å². The summed E-state index contributed by atoms with van der Waals surface area (Å²) < 4.78 is 4.79. The largest absolute Gasteiger partial charge is 0.469 e. The van der Waals surface area contributed by atoms with E-state index in [-0.39, 0.29) is 17.8 Å². The van der Waals surface area contributed by atoms with E-state index in [1.165, 1.54) is 7.11 Å². The molecule has 0 aromatic heterocycles. The molecule has 2 aromatic rings. The highest BCUT2D eigenvalue weighted by Gasteiger charge is 2.28. The molecule has 0 aliphatic carbocycles. The number of carbonyl (C=O) groups is 2. The Bertz CT molecular complexity index is 784. The molecule has 1 amide bonds. The Labute approximate surface area is 168 Å². The van der Waals surface area contributed by atoms with Gasteiger partial charge in [0.05, 0.1) is 13.0 Å². The zero-order valence-corrected chi connectivity index (χ0v) is 16.8. The van der Waals surface area contributed by atoms with Crippen LogP contribution >= 0.6 is 23.4 Å². The standard InChI is InChI=1S/C21H22ClNO3S/c1-26-21(25)17-10-12-23(13-11-17)20(24)16-4-2-15(3-5-16)14-27-19-8-6-18(22)7-9-19/h2-9,17H,10-14H2,1H3. The molecule has 1 fully saturated rings. The molecule has 2 aromatic carbocycles. The van der Waals surface area contributed by atoms with Gasteiger partial charge in [-0.25, -0.2) is 0 Å². The van der Waals surface area contributed by atoms with E-state index in [9.17, 15) is 9.59 Å². The second kappa shape index (κ2) is 9.29. The number of rotatable bonds is 5. The molecule has 4 nitrogen and oxygen atoms in total. The number of piperidine rings is 1. The highest BCUT2D eigenvalue weighted by atomic mass is 35.5. The second-order valence-electron chi connectivity index (χ2n) is 6.53. The maximum Gasteiger partial charge on any atom is 0.308 e. The van der Waals surface area contributed by atoms with Crippen LogP contribution in [-0.2, 0) is 15.3 Å². The lowest BCUT2D eigenvalue weighted by atomic mass is 9.96. The summed E-state index contributed by atoms with van der Waals surface area (Å²) in [4.78, 5) is 27.2. The maximum atomic E-state index is 12.7. The number of likely N-dealkylation sites (tertiary alicyclic amines) is 1. The third kappa shape index (κ3) is 5.27. The minimum absolute atomic E-state index is 0.0234. The van der Waals surface area contributed by atoms with Crippen molar-refractivity contribution in [3.05, 3.63) is 64.7 Å². The minimum atomic E-state index is -0.176. The van der Waals surface area contributed by atoms with Crippen LogP contribution in [0.2, 0.25) is 5.02 Å². The molecule has 1 saturated heterocycles. The Kier molecular flexibility index (Phi) is 6.80. The Hall–Kier alpha value is -1.98. The van der Waals surface area contributed by atoms with E-state index in [0.29, 0.717) is 31.5 Å². The van der Waals surface area contributed by atoms with Gasteiger partial charge in [0.2, 0.25) is 0 Å². The number of hydrogen-bond donors (Lipinski definition) is 0. The lowest BCUT2D eigenvalue weighted by molar-refractivity contribution is -0.146. The molecule has 1 aliphatic rings. The number of esters is 1. The molecule has 6 heteroatoms. The SMILES string of the molecule is COC(=O)C1CCN(C(=O)c2ccc(CSc3ccc(Cl)cc3)cc2)CC1. The van der Waals surface area contributed by atoms with Gasteiger partial charge in [-0.05, 0) is 54.8 Å². The molecule has 1 heterocycles. The molecule has 0 N–H and O–H groups in total. The Morgan fingerprint density at radius 2 is 1.70 bits per heavy atom. The quantitative estimate of drug-likeness (QED) is 0.538. The summed E-state index contributed by atoms with van der Waals surface area (Å²) >= 11 is 7.63. The van der Waals surface area contributed by atoms with Crippen LogP contribution in [0.15, 0.2) is 53.4 Å². The fraction of sp³-hybridized carbons (Fsp3) is 0.333. The van der Waals surface area contributed by atoms with Crippen LogP contribution in [0.3, 0.4) is 0 Å². The summed E-state index contributed by atoms with van der Waals surface area (Å²) in [6.45, 7) is 1.18. The number of carbonyl (C=O) groups excluding carboxylic acids is 2. The first-order chi connectivity index (χ1) is 13.1. The Morgan fingerprint density at radius 1 is 1.07 bits per heavy atom. The van der Waals surface area contributed by atoms with E-state index in [0.717, 1.165) is 21.2 Å². The summed E-state index contributed by atoms with van der Waals surface area (Å²) in [6, 6.07) is 15.5. The van der Waals surface area contributed by atoms with Crippen LogP contribution in [-0.4, -0.2) is 37.0 Å². The van der Waals surface area contributed by atoms with E-state index in [1.807, 2.05) is 53.4 Å². The molecular weight excluding hydrogens is 382 g/mol. The summed E-state index contributed by atoms with van der Waals surface area (Å²) in [5, 5.41) is 0.734.